The molecule has 0 atom stereocenters. The third-order valence-electron chi connectivity index (χ3n) is 2.36. The number of nitrogens with zero attached hydrogens (tertiary/aromatic N) is 1. The van der Waals surface area contributed by atoms with Crippen LogP contribution in [0.5, 0.6) is 0 Å². The molecule has 88 valence electrons. The van der Waals surface area contributed by atoms with E-state index in [4.69, 9.17) is 4.74 Å². The van der Waals surface area contributed by atoms with Gasteiger partial charge >= 0.3 is 0 Å². The molecule has 0 fully saturated rings. The number of isocyanates is 1. The Kier molecular flexibility index (Phi) is 12.8. The van der Waals surface area contributed by atoms with Gasteiger partial charge in [0.2, 0.25) is 6.08 Å². The summed E-state index contributed by atoms with van der Waals surface area (Å²) < 4.78 is 5.09. The van der Waals surface area contributed by atoms with Gasteiger partial charge in [-0.15, -0.1) is 0 Å². The van der Waals surface area contributed by atoms with E-state index in [0.29, 0.717) is 6.61 Å². The Balaban J connectivity index is 2.89. The van der Waals surface area contributed by atoms with E-state index in [9.17, 15) is 4.79 Å². The minimum absolute atomic E-state index is 0.167. The van der Waals surface area contributed by atoms with Crippen molar-refractivity contribution in [2.75, 3.05) is 13.3 Å². The van der Waals surface area contributed by atoms with Gasteiger partial charge in [0.1, 0.15) is 6.73 Å². The second kappa shape index (κ2) is 13.3. The van der Waals surface area contributed by atoms with Crippen molar-refractivity contribution in [2.24, 2.45) is 4.99 Å². The largest absolute Gasteiger partial charge is 0.358 e. The summed E-state index contributed by atoms with van der Waals surface area (Å²) in [6.45, 7) is 3.11. The Morgan fingerprint density at radius 1 is 1.00 bits per heavy atom. The molecule has 0 heterocycles. The lowest BCUT2D eigenvalue weighted by molar-refractivity contribution is 0.137. The minimum Gasteiger partial charge on any atom is -0.358 e. The van der Waals surface area contributed by atoms with Crippen molar-refractivity contribution in [3.8, 4) is 0 Å². The molecule has 0 radical (unpaired) electrons. The maximum Gasteiger partial charge on any atom is 0.237 e. The van der Waals surface area contributed by atoms with Gasteiger partial charge < -0.3 is 4.74 Å². The van der Waals surface area contributed by atoms with Gasteiger partial charge in [0.15, 0.2) is 0 Å². The summed E-state index contributed by atoms with van der Waals surface area (Å²) in [4.78, 5) is 13.0. The van der Waals surface area contributed by atoms with Crippen LogP contribution in [0.3, 0.4) is 0 Å². The highest BCUT2D eigenvalue weighted by Gasteiger charge is 1.91. The normalized spacial score (nSPS) is 9.93. The Bertz CT molecular complexity index is 165. The van der Waals surface area contributed by atoms with Crippen LogP contribution in [0.25, 0.3) is 0 Å². The molecule has 0 saturated heterocycles. The van der Waals surface area contributed by atoms with Crippen LogP contribution in [0.2, 0.25) is 0 Å². The smallest absolute Gasteiger partial charge is 0.237 e. The van der Waals surface area contributed by atoms with E-state index in [1.54, 1.807) is 0 Å². The highest BCUT2D eigenvalue weighted by Crippen LogP contribution is 2.08. The first kappa shape index (κ1) is 14.3. The first-order chi connectivity index (χ1) is 7.41. The Labute approximate surface area is 92.9 Å². The zero-order valence-electron chi connectivity index (χ0n) is 9.83. The molecule has 0 bridgehead atoms. The standard InChI is InChI=1S/C12H23NO2/c1-2-3-4-5-6-7-8-9-10-15-12-13-11-14/h2-10,12H2,1H3. The predicted octanol–water partition coefficient (Wildman–Crippen LogP) is 3.44. The van der Waals surface area contributed by atoms with Gasteiger partial charge in [0.05, 0.1) is 0 Å². The number of carbonyl (C=O) groups excluding carboxylic acids is 1. The van der Waals surface area contributed by atoms with E-state index >= 15 is 0 Å². The second-order valence-corrected chi connectivity index (χ2v) is 3.76. The molecule has 15 heavy (non-hydrogen) atoms. The molecule has 0 amide bonds. The summed E-state index contributed by atoms with van der Waals surface area (Å²) in [6.07, 6.45) is 11.8. The van der Waals surface area contributed by atoms with Crippen LogP contribution in [-0.4, -0.2) is 19.4 Å². The van der Waals surface area contributed by atoms with Gasteiger partial charge in [-0.2, -0.15) is 4.99 Å². The van der Waals surface area contributed by atoms with Crippen molar-refractivity contribution in [2.45, 2.75) is 58.3 Å². The second-order valence-electron chi connectivity index (χ2n) is 3.76. The summed E-state index contributed by atoms with van der Waals surface area (Å²) in [5.41, 5.74) is 0. The van der Waals surface area contributed by atoms with Crippen LogP contribution in [0.4, 0.5) is 0 Å². The molecule has 0 aromatic rings. The molecule has 0 aromatic heterocycles. The van der Waals surface area contributed by atoms with Crippen molar-refractivity contribution >= 4 is 6.08 Å². The zero-order chi connectivity index (χ0) is 11.2. The first-order valence-corrected chi connectivity index (χ1v) is 6.03. The van der Waals surface area contributed by atoms with E-state index in [1.807, 2.05) is 0 Å². The summed E-state index contributed by atoms with van der Waals surface area (Å²) in [5.74, 6) is 0. The molecule has 0 aromatic carbocycles. The van der Waals surface area contributed by atoms with Gasteiger partial charge in [-0.3, -0.25) is 0 Å². The molecule has 0 unspecified atom stereocenters. The summed E-state index contributed by atoms with van der Waals surface area (Å²) in [5, 5.41) is 0. The first-order valence-electron chi connectivity index (χ1n) is 6.03. The van der Waals surface area contributed by atoms with E-state index in [2.05, 4.69) is 11.9 Å². The van der Waals surface area contributed by atoms with Gasteiger partial charge in [-0.05, 0) is 6.42 Å². The molecule has 3 nitrogen and oxygen atoms in total. The van der Waals surface area contributed by atoms with Crippen molar-refractivity contribution in [1.82, 2.24) is 0 Å². The quantitative estimate of drug-likeness (QED) is 0.299. The maximum atomic E-state index is 9.69. The Morgan fingerprint density at radius 2 is 1.60 bits per heavy atom. The minimum atomic E-state index is 0.167. The molecule has 0 spiro atoms. The van der Waals surface area contributed by atoms with Crippen molar-refractivity contribution < 1.29 is 9.53 Å². The molecule has 0 saturated carbocycles. The average molecular weight is 213 g/mol. The van der Waals surface area contributed by atoms with Gasteiger partial charge in [-0.25, -0.2) is 4.79 Å². The fourth-order valence-corrected chi connectivity index (χ4v) is 1.47. The summed E-state index contributed by atoms with van der Waals surface area (Å²) >= 11 is 0. The van der Waals surface area contributed by atoms with Gasteiger partial charge in [0.25, 0.3) is 0 Å². The number of aliphatic imine (C=N–C) groups is 1. The van der Waals surface area contributed by atoms with Gasteiger partial charge in [-0.1, -0.05) is 51.9 Å². The number of unbranched alkanes of at least 4 members (excludes halogenated alkanes) is 7. The highest BCUT2D eigenvalue weighted by atomic mass is 16.5. The number of hydrogen-bond donors (Lipinski definition) is 0. The van der Waals surface area contributed by atoms with Crippen LogP contribution in [0, 0.1) is 0 Å². The highest BCUT2D eigenvalue weighted by molar-refractivity contribution is 5.32. The van der Waals surface area contributed by atoms with Crippen LogP contribution < -0.4 is 0 Å². The van der Waals surface area contributed by atoms with Crippen LogP contribution in [0.15, 0.2) is 4.99 Å². The maximum absolute atomic E-state index is 9.69. The SMILES string of the molecule is CCCCCCCCCCOCN=C=O. The molecular formula is C12H23NO2. The van der Waals surface area contributed by atoms with Crippen LogP contribution >= 0.6 is 0 Å². The molecule has 0 rings (SSSR count). The monoisotopic (exact) mass is 213 g/mol. The fraction of sp³-hybridized carbons (Fsp3) is 0.917. The Morgan fingerprint density at radius 3 is 2.20 bits per heavy atom. The lowest BCUT2D eigenvalue weighted by atomic mass is 10.1. The molecule has 3 heteroatoms. The average Bonchev–Trinajstić information content (AvgIpc) is 2.26. The zero-order valence-corrected chi connectivity index (χ0v) is 9.83. The number of ether oxygens (including phenoxy) is 1. The summed E-state index contributed by atoms with van der Waals surface area (Å²) in [7, 11) is 0. The lowest BCUT2D eigenvalue weighted by Gasteiger charge is -2.01. The van der Waals surface area contributed by atoms with Crippen LogP contribution in [0.1, 0.15) is 58.3 Å². The van der Waals surface area contributed by atoms with E-state index in [-0.39, 0.29) is 6.73 Å². The van der Waals surface area contributed by atoms with E-state index < -0.39 is 0 Å². The molecule has 0 aliphatic carbocycles. The topological polar surface area (TPSA) is 38.7 Å². The summed E-state index contributed by atoms with van der Waals surface area (Å²) in [6, 6.07) is 0. The molecule has 0 aliphatic heterocycles. The Hall–Kier alpha value is -0.660. The van der Waals surface area contributed by atoms with Crippen molar-refractivity contribution in [1.29, 1.82) is 0 Å². The van der Waals surface area contributed by atoms with Gasteiger partial charge in [0, 0.05) is 6.61 Å². The fourth-order valence-electron chi connectivity index (χ4n) is 1.47. The van der Waals surface area contributed by atoms with E-state index in [1.165, 1.54) is 51.0 Å². The third-order valence-corrected chi connectivity index (χ3v) is 2.36. The van der Waals surface area contributed by atoms with E-state index in [0.717, 1.165) is 6.42 Å². The number of hydrogen-bond acceptors (Lipinski definition) is 3. The van der Waals surface area contributed by atoms with Crippen LogP contribution in [-0.2, 0) is 9.53 Å². The predicted molar refractivity (Wildman–Crippen MR) is 61.6 cm³/mol. The number of rotatable bonds is 11. The van der Waals surface area contributed by atoms with Crippen molar-refractivity contribution in [3.63, 3.8) is 0 Å². The lowest BCUT2D eigenvalue weighted by Crippen LogP contribution is -1.94. The third kappa shape index (κ3) is 13.3. The molecule has 0 aliphatic rings. The van der Waals surface area contributed by atoms with Crippen molar-refractivity contribution in [3.05, 3.63) is 0 Å². The molecule has 0 N–H and O–H groups in total. The molecular weight excluding hydrogens is 190 g/mol.